The first kappa shape index (κ1) is 14.9. The number of phenolic OH excluding ortho intramolecular Hbond substituents is 1. The quantitative estimate of drug-likeness (QED) is 0.833. The number of fused-ring (bicyclic) bond motifs is 1. The fourth-order valence-corrected chi connectivity index (χ4v) is 4.57. The lowest BCUT2D eigenvalue weighted by atomic mass is 9.66. The first-order chi connectivity index (χ1) is 10.1. The predicted molar refractivity (Wildman–Crippen MR) is 84.8 cm³/mol. The van der Waals surface area contributed by atoms with Crippen molar-refractivity contribution in [2.75, 3.05) is 0 Å². The van der Waals surface area contributed by atoms with Crippen LogP contribution in [-0.2, 0) is 23.1 Å². The molecule has 1 aromatic carbocycles. The van der Waals surface area contributed by atoms with E-state index in [-0.39, 0.29) is 5.75 Å². The molecule has 2 N–H and O–H groups in total. The minimum Gasteiger partial charge on any atom is -0.506 e. The second-order valence-electron chi connectivity index (χ2n) is 6.37. The summed E-state index contributed by atoms with van der Waals surface area (Å²) in [6.07, 6.45) is 8.31. The largest absolute Gasteiger partial charge is 0.506 e. The van der Waals surface area contributed by atoms with E-state index in [2.05, 4.69) is 15.9 Å². The van der Waals surface area contributed by atoms with E-state index in [0.717, 1.165) is 50.5 Å². The Morgan fingerprint density at radius 1 is 1.10 bits per heavy atom. The molecule has 2 aliphatic carbocycles. The number of rotatable bonds is 2. The van der Waals surface area contributed by atoms with E-state index in [1.165, 1.54) is 5.56 Å². The summed E-state index contributed by atoms with van der Waals surface area (Å²) < 4.78 is 0.643. The van der Waals surface area contributed by atoms with Gasteiger partial charge in [-0.05, 0) is 71.6 Å². The highest BCUT2D eigenvalue weighted by Gasteiger charge is 2.45. The van der Waals surface area contributed by atoms with E-state index in [9.17, 15) is 15.0 Å². The summed E-state index contributed by atoms with van der Waals surface area (Å²) in [5.74, 6) is -0.622. The zero-order chi connectivity index (χ0) is 15.0. The van der Waals surface area contributed by atoms with E-state index in [4.69, 9.17) is 0 Å². The van der Waals surface area contributed by atoms with Crippen molar-refractivity contribution in [3.05, 3.63) is 27.2 Å². The van der Waals surface area contributed by atoms with Crippen molar-refractivity contribution < 1.29 is 15.0 Å². The molecule has 0 bridgehead atoms. The summed E-state index contributed by atoms with van der Waals surface area (Å²) >= 11 is 3.42. The molecule has 1 saturated carbocycles. The highest BCUT2D eigenvalue weighted by Crippen LogP contribution is 2.49. The summed E-state index contributed by atoms with van der Waals surface area (Å²) in [5, 5.41) is 20.5. The molecule has 4 heteroatoms. The predicted octanol–water partition coefficient (Wildman–Crippen LogP) is 4.32. The molecule has 0 amide bonds. The maximum absolute atomic E-state index is 12.1. The molecular formula is C17H21BrO3. The molecule has 0 heterocycles. The number of aryl methyl sites for hydroxylation is 1. The van der Waals surface area contributed by atoms with Gasteiger partial charge in [0, 0.05) is 5.56 Å². The molecule has 0 unspecified atom stereocenters. The number of carbonyl (C=O) groups is 1. The Kier molecular flexibility index (Phi) is 4.00. The fourth-order valence-electron chi connectivity index (χ4n) is 4.10. The summed E-state index contributed by atoms with van der Waals surface area (Å²) in [4.78, 5) is 12.1. The fraction of sp³-hybridized carbons (Fsp3) is 0.588. The third-order valence-corrected chi connectivity index (χ3v) is 5.78. The van der Waals surface area contributed by atoms with Gasteiger partial charge in [0.05, 0.1) is 9.89 Å². The maximum Gasteiger partial charge on any atom is 0.314 e. The Morgan fingerprint density at radius 3 is 2.43 bits per heavy atom. The summed E-state index contributed by atoms with van der Waals surface area (Å²) in [5.41, 5.74) is 2.13. The maximum atomic E-state index is 12.1. The highest BCUT2D eigenvalue weighted by atomic mass is 79.9. The molecule has 1 aromatic rings. The summed E-state index contributed by atoms with van der Waals surface area (Å²) in [6, 6.07) is 1.98. The Balaban J connectivity index is 2.24. The summed E-state index contributed by atoms with van der Waals surface area (Å²) in [6.45, 7) is 0. The number of halogens is 1. The number of hydrogen-bond donors (Lipinski definition) is 2. The van der Waals surface area contributed by atoms with Crippen LogP contribution in [0.25, 0.3) is 0 Å². The number of aliphatic carboxylic acids is 1. The van der Waals surface area contributed by atoms with Gasteiger partial charge in [-0.15, -0.1) is 0 Å². The molecule has 3 nitrogen and oxygen atoms in total. The Morgan fingerprint density at radius 2 is 1.76 bits per heavy atom. The van der Waals surface area contributed by atoms with Crippen molar-refractivity contribution in [3.63, 3.8) is 0 Å². The lowest BCUT2D eigenvalue weighted by Gasteiger charge is -2.37. The van der Waals surface area contributed by atoms with E-state index < -0.39 is 11.4 Å². The van der Waals surface area contributed by atoms with Crippen LogP contribution in [0.2, 0.25) is 0 Å². The zero-order valence-corrected chi connectivity index (χ0v) is 13.7. The molecule has 0 radical (unpaired) electrons. The molecule has 0 aliphatic heterocycles. The lowest BCUT2D eigenvalue weighted by molar-refractivity contribution is -0.145. The number of hydrogen-bond acceptors (Lipinski definition) is 2. The average molecular weight is 353 g/mol. The molecule has 114 valence electrons. The van der Waals surface area contributed by atoms with Gasteiger partial charge in [-0.2, -0.15) is 0 Å². The molecule has 1 fully saturated rings. The molecule has 0 aromatic heterocycles. The molecular weight excluding hydrogens is 332 g/mol. The number of benzene rings is 1. The first-order valence-corrected chi connectivity index (χ1v) is 8.62. The van der Waals surface area contributed by atoms with Crippen LogP contribution in [0, 0.1) is 0 Å². The Labute approximate surface area is 133 Å². The van der Waals surface area contributed by atoms with Crippen LogP contribution in [0.4, 0.5) is 0 Å². The number of carboxylic acids is 1. The third kappa shape index (κ3) is 2.37. The Bertz CT molecular complexity index is 574. The van der Waals surface area contributed by atoms with Crippen LogP contribution in [0.3, 0.4) is 0 Å². The van der Waals surface area contributed by atoms with E-state index in [1.807, 2.05) is 6.07 Å². The van der Waals surface area contributed by atoms with Crippen molar-refractivity contribution in [2.24, 2.45) is 0 Å². The van der Waals surface area contributed by atoms with Crippen LogP contribution in [0.1, 0.15) is 61.6 Å². The van der Waals surface area contributed by atoms with Crippen LogP contribution >= 0.6 is 15.9 Å². The van der Waals surface area contributed by atoms with Gasteiger partial charge >= 0.3 is 5.97 Å². The van der Waals surface area contributed by atoms with Gasteiger partial charge in [0.2, 0.25) is 0 Å². The van der Waals surface area contributed by atoms with Crippen molar-refractivity contribution in [2.45, 2.75) is 63.2 Å². The van der Waals surface area contributed by atoms with Crippen LogP contribution in [0.15, 0.2) is 10.5 Å². The van der Waals surface area contributed by atoms with Crippen molar-refractivity contribution in [3.8, 4) is 5.75 Å². The standard InChI is InChI=1S/C17H21BrO3/c18-13-10-11-6-2-3-7-12(11)14(15(13)19)17(16(20)21)8-4-1-5-9-17/h10,19H,1-9H2,(H,20,21). The minimum absolute atomic E-state index is 0.153. The van der Waals surface area contributed by atoms with Gasteiger partial charge in [0.25, 0.3) is 0 Å². The van der Waals surface area contributed by atoms with Gasteiger partial charge in [-0.1, -0.05) is 19.3 Å². The Hall–Kier alpha value is -1.03. The highest BCUT2D eigenvalue weighted by molar-refractivity contribution is 9.10. The van der Waals surface area contributed by atoms with Gasteiger partial charge < -0.3 is 10.2 Å². The van der Waals surface area contributed by atoms with E-state index >= 15 is 0 Å². The van der Waals surface area contributed by atoms with E-state index in [0.29, 0.717) is 22.9 Å². The van der Waals surface area contributed by atoms with Gasteiger partial charge in [0.1, 0.15) is 5.75 Å². The molecule has 0 atom stereocenters. The first-order valence-electron chi connectivity index (χ1n) is 7.83. The lowest BCUT2D eigenvalue weighted by Crippen LogP contribution is -2.39. The zero-order valence-electron chi connectivity index (χ0n) is 12.1. The second-order valence-corrected chi connectivity index (χ2v) is 7.23. The van der Waals surface area contributed by atoms with E-state index in [1.54, 1.807) is 0 Å². The number of carboxylic acid groups (broad SMARTS) is 1. The van der Waals surface area contributed by atoms with Crippen molar-refractivity contribution in [1.29, 1.82) is 0 Å². The molecule has 2 aliphatic rings. The second kappa shape index (κ2) is 5.64. The molecule has 3 rings (SSSR count). The summed E-state index contributed by atoms with van der Waals surface area (Å²) in [7, 11) is 0. The smallest absolute Gasteiger partial charge is 0.314 e. The van der Waals surface area contributed by atoms with Gasteiger partial charge in [0.15, 0.2) is 0 Å². The SMILES string of the molecule is O=C(O)C1(c2c(O)c(Br)cc3c2CCCC3)CCCCC1. The van der Waals surface area contributed by atoms with Crippen molar-refractivity contribution >= 4 is 21.9 Å². The van der Waals surface area contributed by atoms with Crippen molar-refractivity contribution in [1.82, 2.24) is 0 Å². The normalized spacial score (nSPS) is 20.8. The van der Waals surface area contributed by atoms with Crippen LogP contribution < -0.4 is 0 Å². The average Bonchev–Trinajstić information content (AvgIpc) is 2.49. The van der Waals surface area contributed by atoms with Gasteiger partial charge in [-0.25, -0.2) is 0 Å². The topological polar surface area (TPSA) is 57.5 Å². The van der Waals surface area contributed by atoms with Crippen LogP contribution in [-0.4, -0.2) is 16.2 Å². The monoisotopic (exact) mass is 352 g/mol. The van der Waals surface area contributed by atoms with Crippen LogP contribution in [0.5, 0.6) is 5.75 Å². The van der Waals surface area contributed by atoms with Gasteiger partial charge in [-0.3, -0.25) is 4.79 Å². The number of aromatic hydroxyl groups is 1. The molecule has 21 heavy (non-hydrogen) atoms. The number of phenols is 1. The minimum atomic E-state index is -0.895. The molecule has 0 spiro atoms. The third-order valence-electron chi connectivity index (χ3n) is 5.17. The molecule has 0 saturated heterocycles.